The van der Waals surface area contributed by atoms with Crippen LogP contribution in [0.25, 0.3) is 0 Å². The highest BCUT2D eigenvalue weighted by Gasteiger charge is 2.23. The van der Waals surface area contributed by atoms with E-state index >= 15 is 0 Å². The first-order valence-electron chi connectivity index (χ1n) is 6.21. The molecular weight excluding hydrogens is 320 g/mol. The average molecular weight is 337 g/mol. The molecule has 118 valence electrons. The molecule has 0 aromatic heterocycles. The van der Waals surface area contributed by atoms with E-state index in [0.29, 0.717) is 5.56 Å². The van der Waals surface area contributed by atoms with Crippen LogP contribution < -0.4 is 4.72 Å². The van der Waals surface area contributed by atoms with E-state index in [1.54, 1.807) is 0 Å². The van der Waals surface area contributed by atoms with Crippen LogP contribution in [0, 0.1) is 17.0 Å². The maximum Gasteiger partial charge on any atom is 0.289 e. The molecule has 0 unspecified atom stereocenters. The molecule has 7 nitrogen and oxygen atoms in total. The molecule has 0 saturated heterocycles. The molecule has 0 aliphatic rings. The van der Waals surface area contributed by atoms with E-state index in [2.05, 4.69) is 4.72 Å². The minimum atomic E-state index is -3.85. The number of nitro groups is 1. The van der Waals surface area contributed by atoms with Gasteiger partial charge in [0.25, 0.3) is 5.69 Å². The molecule has 0 saturated carbocycles. The normalized spacial score (nSPS) is 11.9. The molecule has 0 amide bonds. The molecule has 9 heteroatoms. The fourth-order valence-corrected chi connectivity index (χ4v) is 3.16. The van der Waals surface area contributed by atoms with Gasteiger partial charge in [-0.1, -0.05) is 11.6 Å². The van der Waals surface area contributed by atoms with E-state index in [4.69, 9.17) is 16.3 Å². The molecule has 0 fully saturated rings. The highest BCUT2D eigenvalue weighted by atomic mass is 35.5. The van der Waals surface area contributed by atoms with Gasteiger partial charge in [-0.05, 0) is 32.4 Å². The monoisotopic (exact) mass is 336 g/mol. The fraction of sp³-hybridized carbons (Fsp3) is 0.500. The lowest BCUT2D eigenvalue weighted by atomic mass is 10.2. The maximum absolute atomic E-state index is 12.2. The third-order valence-corrected chi connectivity index (χ3v) is 4.48. The molecule has 1 aromatic rings. The molecule has 1 N–H and O–H groups in total. The number of hydrogen-bond donors (Lipinski definition) is 1. The van der Waals surface area contributed by atoms with Crippen LogP contribution in [0.5, 0.6) is 0 Å². The van der Waals surface area contributed by atoms with Crippen LogP contribution in [0.2, 0.25) is 5.02 Å². The second-order valence-corrected chi connectivity index (χ2v) is 6.79. The number of nitro benzene ring substituents is 1. The summed E-state index contributed by atoms with van der Waals surface area (Å²) in [6.07, 6.45) is -0.00661. The molecule has 21 heavy (non-hydrogen) atoms. The summed E-state index contributed by atoms with van der Waals surface area (Å²) in [7, 11) is -3.85. The summed E-state index contributed by atoms with van der Waals surface area (Å²) in [5.74, 6) is 0. The molecule has 0 bridgehead atoms. The quantitative estimate of drug-likeness (QED) is 0.468. The summed E-state index contributed by atoms with van der Waals surface area (Å²) in [6, 6.07) is 2.22. The fourth-order valence-electron chi connectivity index (χ4n) is 1.62. The summed E-state index contributed by atoms with van der Waals surface area (Å²) >= 11 is 5.73. The smallest absolute Gasteiger partial charge is 0.289 e. The number of nitrogens with zero attached hydrogens (tertiary/aromatic N) is 1. The van der Waals surface area contributed by atoms with Crippen LogP contribution in [0.1, 0.15) is 19.4 Å². The van der Waals surface area contributed by atoms with Gasteiger partial charge in [-0.25, -0.2) is 13.1 Å². The Morgan fingerprint density at radius 2 is 2.05 bits per heavy atom. The summed E-state index contributed by atoms with van der Waals surface area (Å²) < 4.78 is 31.9. The van der Waals surface area contributed by atoms with Crippen molar-refractivity contribution in [2.45, 2.75) is 31.8 Å². The Kier molecular flexibility index (Phi) is 6.09. The topological polar surface area (TPSA) is 98.5 Å². The SMILES string of the molecule is Cc1cc(Cl)c([N+](=O)[O-])cc1S(=O)(=O)NCCOC(C)C. The van der Waals surface area contributed by atoms with Crippen LogP contribution in [-0.2, 0) is 14.8 Å². The number of halogens is 1. The minimum absolute atomic E-state index is 0.00661. The van der Waals surface area contributed by atoms with Gasteiger partial charge < -0.3 is 4.74 Å². The van der Waals surface area contributed by atoms with Crippen molar-refractivity contribution < 1.29 is 18.1 Å². The first kappa shape index (κ1) is 17.8. The highest BCUT2D eigenvalue weighted by molar-refractivity contribution is 7.89. The standard InChI is InChI=1S/C12H17ClN2O5S/c1-8(2)20-5-4-14-21(18,19)12-7-11(15(16)17)10(13)6-9(12)3/h6-8,14H,4-5H2,1-3H3. The van der Waals surface area contributed by atoms with E-state index in [1.807, 2.05) is 13.8 Å². The van der Waals surface area contributed by atoms with Crippen molar-refractivity contribution >= 4 is 27.3 Å². The molecule has 0 radical (unpaired) electrons. The molecule has 1 aromatic carbocycles. The van der Waals surface area contributed by atoms with Crippen molar-refractivity contribution in [3.8, 4) is 0 Å². The van der Waals surface area contributed by atoms with Gasteiger partial charge in [0.2, 0.25) is 10.0 Å². The van der Waals surface area contributed by atoms with Crippen molar-refractivity contribution in [3.63, 3.8) is 0 Å². The Morgan fingerprint density at radius 3 is 2.57 bits per heavy atom. The van der Waals surface area contributed by atoms with Gasteiger partial charge >= 0.3 is 0 Å². The second-order valence-electron chi connectivity index (χ2n) is 4.64. The summed E-state index contributed by atoms with van der Waals surface area (Å²) in [5.41, 5.74) is -0.107. The van der Waals surface area contributed by atoms with Crippen LogP contribution >= 0.6 is 11.6 Å². The van der Waals surface area contributed by atoms with E-state index in [0.717, 1.165) is 6.07 Å². The van der Waals surface area contributed by atoms with Crippen molar-refractivity contribution in [1.82, 2.24) is 4.72 Å². The van der Waals surface area contributed by atoms with Crippen LogP contribution in [0.4, 0.5) is 5.69 Å². The molecule has 0 atom stereocenters. The number of hydrogen-bond acceptors (Lipinski definition) is 5. The average Bonchev–Trinajstić information content (AvgIpc) is 2.33. The molecule has 1 rings (SSSR count). The molecule has 0 heterocycles. The summed E-state index contributed by atoms with van der Waals surface area (Å²) in [4.78, 5) is 9.95. The Hall–Kier alpha value is -1.22. The number of rotatable bonds is 7. The minimum Gasteiger partial charge on any atom is -0.377 e. The predicted octanol–water partition coefficient (Wildman–Crippen LogP) is 2.26. The van der Waals surface area contributed by atoms with Gasteiger partial charge in [0.05, 0.1) is 22.5 Å². The van der Waals surface area contributed by atoms with Crippen LogP contribution in [0.3, 0.4) is 0 Å². The second kappa shape index (κ2) is 7.17. The van der Waals surface area contributed by atoms with Crippen molar-refractivity contribution in [2.24, 2.45) is 0 Å². The van der Waals surface area contributed by atoms with E-state index in [1.165, 1.54) is 13.0 Å². The van der Waals surface area contributed by atoms with Gasteiger partial charge in [-0.3, -0.25) is 10.1 Å². The Labute approximate surface area is 128 Å². The lowest BCUT2D eigenvalue weighted by molar-refractivity contribution is -0.384. The number of nitrogens with one attached hydrogen (secondary N) is 1. The van der Waals surface area contributed by atoms with E-state index in [-0.39, 0.29) is 29.2 Å². The van der Waals surface area contributed by atoms with Crippen molar-refractivity contribution in [2.75, 3.05) is 13.2 Å². The van der Waals surface area contributed by atoms with Crippen LogP contribution in [0.15, 0.2) is 17.0 Å². The van der Waals surface area contributed by atoms with Crippen LogP contribution in [-0.4, -0.2) is 32.6 Å². The van der Waals surface area contributed by atoms with E-state index in [9.17, 15) is 18.5 Å². The Bertz CT molecular complexity index is 631. The molecule has 0 spiro atoms. The number of benzene rings is 1. The predicted molar refractivity (Wildman–Crippen MR) is 79.1 cm³/mol. The zero-order valence-electron chi connectivity index (χ0n) is 11.9. The first-order chi connectivity index (χ1) is 9.65. The largest absolute Gasteiger partial charge is 0.377 e. The number of sulfonamides is 1. The Balaban J connectivity index is 2.97. The lowest BCUT2D eigenvalue weighted by Gasteiger charge is -2.11. The molecule has 0 aliphatic carbocycles. The Morgan fingerprint density at radius 1 is 1.43 bits per heavy atom. The van der Waals surface area contributed by atoms with Crippen molar-refractivity contribution in [1.29, 1.82) is 0 Å². The number of ether oxygens (including phenoxy) is 1. The summed E-state index contributed by atoms with van der Waals surface area (Å²) in [5, 5.41) is 10.7. The van der Waals surface area contributed by atoms with E-state index < -0.39 is 20.6 Å². The molecule has 0 aliphatic heterocycles. The van der Waals surface area contributed by atoms with Gasteiger partial charge in [0, 0.05) is 12.6 Å². The van der Waals surface area contributed by atoms with Gasteiger partial charge in [0.15, 0.2) is 0 Å². The summed E-state index contributed by atoms with van der Waals surface area (Å²) in [6.45, 7) is 5.49. The highest BCUT2D eigenvalue weighted by Crippen LogP contribution is 2.29. The van der Waals surface area contributed by atoms with Gasteiger partial charge in [-0.2, -0.15) is 0 Å². The maximum atomic E-state index is 12.2. The zero-order chi connectivity index (χ0) is 16.2. The zero-order valence-corrected chi connectivity index (χ0v) is 13.5. The lowest BCUT2D eigenvalue weighted by Crippen LogP contribution is -2.28. The van der Waals surface area contributed by atoms with Gasteiger partial charge in [0.1, 0.15) is 5.02 Å². The van der Waals surface area contributed by atoms with Gasteiger partial charge in [-0.15, -0.1) is 0 Å². The van der Waals surface area contributed by atoms with Crippen molar-refractivity contribution in [3.05, 3.63) is 32.8 Å². The molecular formula is C12H17ClN2O5S. The third-order valence-electron chi connectivity index (χ3n) is 2.58. The first-order valence-corrected chi connectivity index (χ1v) is 8.07. The number of aryl methyl sites for hydroxylation is 1. The third kappa shape index (κ3) is 4.92.